The van der Waals surface area contributed by atoms with E-state index in [-0.39, 0.29) is 6.10 Å². The monoisotopic (exact) mass is 186 g/mol. The number of β-amino-alcohol motifs (C(OH)–C–C–N with tert-alkyl or cyclic N) is 1. The first kappa shape index (κ1) is 9.40. The van der Waals surface area contributed by atoms with Gasteiger partial charge in [-0.05, 0) is 12.8 Å². The third-order valence-corrected chi connectivity index (χ3v) is 2.86. The highest BCUT2D eigenvalue weighted by Crippen LogP contribution is 2.25. The van der Waals surface area contributed by atoms with Crippen LogP contribution in [-0.4, -0.2) is 54.5 Å². The Hall–Kier alpha value is -0.160. The van der Waals surface area contributed by atoms with Gasteiger partial charge in [0.15, 0.2) is 0 Å². The van der Waals surface area contributed by atoms with Gasteiger partial charge in [0.05, 0.1) is 18.3 Å². The van der Waals surface area contributed by atoms with Crippen molar-refractivity contribution in [1.82, 2.24) is 4.90 Å². The van der Waals surface area contributed by atoms with Crippen molar-refractivity contribution in [2.75, 3.05) is 26.2 Å². The third kappa shape index (κ3) is 2.20. The maximum atomic E-state index is 9.40. The fourth-order valence-corrected chi connectivity index (χ4v) is 2.22. The zero-order chi connectivity index (χ0) is 9.26. The van der Waals surface area contributed by atoms with E-state index in [1.54, 1.807) is 0 Å². The lowest BCUT2D eigenvalue weighted by atomic mass is 10.2. The molecule has 0 radical (unpaired) electrons. The fraction of sp³-hybridized carbons (Fsp3) is 1.00. The van der Waals surface area contributed by atoms with Crippen LogP contribution in [0.25, 0.3) is 0 Å². The van der Waals surface area contributed by atoms with Gasteiger partial charge < -0.3 is 15.6 Å². The molecule has 4 heteroatoms. The van der Waals surface area contributed by atoms with Crippen LogP contribution in [0.15, 0.2) is 0 Å². The van der Waals surface area contributed by atoms with Crippen LogP contribution in [0.2, 0.25) is 0 Å². The summed E-state index contributed by atoms with van der Waals surface area (Å²) < 4.78 is 5.69. The predicted molar refractivity (Wildman–Crippen MR) is 49.4 cm³/mol. The first-order valence-electron chi connectivity index (χ1n) is 5.04. The van der Waals surface area contributed by atoms with Crippen LogP contribution in [0, 0.1) is 0 Å². The molecule has 0 spiro atoms. The molecule has 2 fully saturated rings. The summed E-state index contributed by atoms with van der Waals surface area (Å²) in [6, 6.07) is 0. The smallest absolute Gasteiger partial charge is 0.0789 e. The molecule has 0 aliphatic carbocycles. The van der Waals surface area contributed by atoms with Gasteiger partial charge in [0, 0.05) is 26.2 Å². The number of nitrogens with two attached hydrogens (primary N) is 1. The van der Waals surface area contributed by atoms with E-state index in [4.69, 9.17) is 10.5 Å². The van der Waals surface area contributed by atoms with Crippen LogP contribution in [0.3, 0.4) is 0 Å². The lowest BCUT2D eigenvalue weighted by Crippen LogP contribution is -2.46. The van der Waals surface area contributed by atoms with Gasteiger partial charge in [0.25, 0.3) is 0 Å². The quantitative estimate of drug-likeness (QED) is 0.604. The maximum Gasteiger partial charge on any atom is 0.0789 e. The molecule has 2 bridgehead atoms. The van der Waals surface area contributed by atoms with E-state index in [1.807, 2.05) is 0 Å². The topological polar surface area (TPSA) is 58.7 Å². The van der Waals surface area contributed by atoms with Crippen LogP contribution in [-0.2, 0) is 4.74 Å². The van der Waals surface area contributed by atoms with Gasteiger partial charge in [-0.3, -0.25) is 4.90 Å². The molecular weight excluding hydrogens is 168 g/mol. The number of aliphatic hydroxyl groups is 1. The number of fused-ring (bicyclic) bond motifs is 2. The van der Waals surface area contributed by atoms with E-state index in [1.165, 1.54) is 12.8 Å². The van der Waals surface area contributed by atoms with E-state index < -0.39 is 0 Å². The van der Waals surface area contributed by atoms with Gasteiger partial charge in [0.1, 0.15) is 0 Å². The van der Waals surface area contributed by atoms with Gasteiger partial charge in [-0.25, -0.2) is 0 Å². The molecule has 0 amide bonds. The molecule has 76 valence electrons. The summed E-state index contributed by atoms with van der Waals surface area (Å²) in [5.41, 5.74) is 5.37. The maximum absolute atomic E-state index is 9.40. The Kier molecular flexibility index (Phi) is 2.83. The van der Waals surface area contributed by atoms with E-state index in [9.17, 15) is 5.11 Å². The average Bonchev–Trinajstić information content (AvgIpc) is 2.46. The van der Waals surface area contributed by atoms with Gasteiger partial charge in [0.2, 0.25) is 0 Å². The van der Waals surface area contributed by atoms with Crippen LogP contribution < -0.4 is 5.73 Å². The zero-order valence-corrected chi connectivity index (χ0v) is 7.85. The second-order valence-corrected chi connectivity index (χ2v) is 4.07. The number of ether oxygens (including phenoxy) is 1. The summed E-state index contributed by atoms with van der Waals surface area (Å²) in [4.78, 5) is 2.27. The second-order valence-electron chi connectivity index (χ2n) is 4.07. The standard InChI is InChI=1S/C9H18N2O2/c10-3-7(12)4-11-5-8-1-2-9(6-11)13-8/h7-9,12H,1-6,10H2/t7-,8?,9?/m1/s1. The van der Waals surface area contributed by atoms with Gasteiger partial charge in [-0.1, -0.05) is 0 Å². The number of hydrogen-bond donors (Lipinski definition) is 2. The number of nitrogens with zero attached hydrogens (tertiary/aromatic N) is 1. The SMILES string of the molecule is NC[C@@H](O)CN1CC2CCC(C1)O2. The van der Waals surface area contributed by atoms with Gasteiger partial charge in [-0.15, -0.1) is 0 Å². The van der Waals surface area contributed by atoms with E-state index in [2.05, 4.69) is 4.90 Å². The van der Waals surface area contributed by atoms with Crippen molar-refractivity contribution >= 4 is 0 Å². The second kappa shape index (κ2) is 3.92. The summed E-state index contributed by atoms with van der Waals surface area (Å²) in [6.07, 6.45) is 2.80. The molecule has 0 aromatic heterocycles. The van der Waals surface area contributed by atoms with Crippen LogP contribution >= 0.6 is 0 Å². The molecule has 2 aliphatic heterocycles. The Morgan fingerprint density at radius 1 is 1.38 bits per heavy atom. The molecule has 2 saturated heterocycles. The molecule has 0 saturated carbocycles. The minimum absolute atomic E-state index is 0.354. The first-order valence-corrected chi connectivity index (χ1v) is 5.04. The van der Waals surface area contributed by atoms with Gasteiger partial charge >= 0.3 is 0 Å². The first-order chi connectivity index (χ1) is 6.28. The normalized spacial score (nSPS) is 36.5. The van der Waals surface area contributed by atoms with Crippen LogP contribution in [0.5, 0.6) is 0 Å². The molecular formula is C9H18N2O2. The third-order valence-electron chi connectivity index (χ3n) is 2.86. The van der Waals surface area contributed by atoms with Crippen molar-refractivity contribution in [3.8, 4) is 0 Å². The number of hydrogen-bond acceptors (Lipinski definition) is 4. The van der Waals surface area contributed by atoms with Crippen molar-refractivity contribution in [2.24, 2.45) is 5.73 Å². The number of likely N-dealkylation sites (tertiary alicyclic amines) is 1. The molecule has 13 heavy (non-hydrogen) atoms. The van der Waals surface area contributed by atoms with Gasteiger partial charge in [-0.2, -0.15) is 0 Å². The zero-order valence-electron chi connectivity index (χ0n) is 7.85. The summed E-state index contributed by atoms with van der Waals surface area (Å²) in [5, 5.41) is 9.40. The highest BCUT2D eigenvalue weighted by atomic mass is 16.5. The summed E-state index contributed by atoms with van der Waals surface area (Å²) >= 11 is 0. The molecule has 3 N–H and O–H groups in total. The Morgan fingerprint density at radius 2 is 2.00 bits per heavy atom. The molecule has 2 unspecified atom stereocenters. The minimum atomic E-state index is -0.377. The predicted octanol–water partition coefficient (Wildman–Crippen LogP) is -0.831. The molecule has 0 aromatic rings. The fourth-order valence-electron chi connectivity index (χ4n) is 2.22. The average molecular weight is 186 g/mol. The molecule has 2 heterocycles. The largest absolute Gasteiger partial charge is 0.390 e. The molecule has 2 aliphatic rings. The highest BCUT2D eigenvalue weighted by Gasteiger charge is 2.33. The Labute approximate surface area is 78.7 Å². The summed E-state index contributed by atoms with van der Waals surface area (Å²) in [7, 11) is 0. The minimum Gasteiger partial charge on any atom is -0.390 e. The Balaban J connectivity index is 1.81. The van der Waals surface area contributed by atoms with E-state index >= 15 is 0 Å². The Bertz CT molecular complexity index is 165. The van der Waals surface area contributed by atoms with Crippen molar-refractivity contribution in [3.63, 3.8) is 0 Å². The number of aliphatic hydroxyl groups excluding tert-OH is 1. The molecule has 3 atom stereocenters. The van der Waals surface area contributed by atoms with Crippen molar-refractivity contribution in [2.45, 2.75) is 31.2 Å². The number of morpholine rings is 1. The van der Waals surface area contributed by atoms with Crippen molar-refractivity contribution in [1.29, 1.82) is 0 Å². The Morgan fingerprint density at radius 3 is 2.54 bits per heavy atom. The molecule has 4 nitrogen and oxygen atoms in total. The van der Waals surface area contributed by atoms with Crippen LogP contribution in [0.1, 0.15) is 12.8 Å². The molecule has 2 rings (SSSR count). The summed E-state index contributed by atoms with van der Waals surface area (Å²) in [5.74, 6) is 0. The molecule has 0 aromatic carbocycles. The van der Waals surface area contributed by atoms with E-state index in [0.29, 0.717) is 25.3 Å². The van der Waals surface area contributed by atoms with E-state index in [0.717, 1.165) is 13.1 Å². The van der Waals surface area contributed by atoms with Crippen molar-refractivity contribution in [3.05, 3.63) is 0 Å². The summed E-state index contributed by atoms with van der Waals surface area (Å²) in [6.45, 7) is 2.99. The van der Waals surface area contributed by atoms with Crippen LogP contribution in [0.4, 0.5) is 0 Å². The number of rotatable bonds is 3. The lowest BCUT2D eigenvalue weighted by Gasteiger charge is -2.33. The highest BCUT2D eigenvalue weighted by molar-refractivity contribution is 4.85. The lowest BCUT2D eigenvalue weighted by molar-refractivity contribution is -0.0485. The van der Waals surface area contributed by atoms with Crippen molar-refractivity contribution < 1.29 is 9.84 Å².